The van der Waals surface area contributed by atoms with Crippen LogP contribution in [0, 0.1) is 0 Å². The van der Waals surface area contributed by atoms with Crippen LogP contribution in [-0.2, 0) is 11.3 Å². The normalized spacial score (nSPS) is 17.5. The summed E-state index contributed by atoms with van der Waals surface area (Å²) in [5.74, 6) is -0.196. The third-order valence-electron chi connectivity index (χ3n) is 4.21. The highest BCUT2D eigenvalue weighted by atomic mass is 32.1. The van der Waals surface area contributed by atoms with Crippen molar-refractivity contribution in [1.82, 2.24) is 15.2 Å². The molecule has 1 aliphatic rings. The molecule has 1 aromatic heterocycles. The topological polar surface area (TPSA) is 62.3 Å². The molecule has 3 amide bonds. The van der Waals surface area contributed by atoms with Gasteiger partial charge in [-0.15, -0.1) is 11.3 Å². The van der Waals surface area contributed by atoms with Crippen LogP contribution in [0.3, 0.4) is 0 Å². The van der Waals surface area contributed by atoms with E-state index in [-0.39, 0.29) is 11.9 Å². The van der Waals surface area contributed by atoms with Gasteiger partial charge in [0.25, 0.3) is 5.91 Å². The lowest BCUT2D eigenvalue weighted by Crippen LogP contribution is -2.48. The summed E-state index contributed by atoms with van der Waals surface area (Å²) in [5.41, 5.74) is 0.191. The number of urea groups is 1. The molecule has 1 aromatic carbocycles. The smallest absolute Gasteiger partial charge is 0.303 e. The quantitative estimate of drug-likeness (QED) is 0.883. The second kappa shape index (κ2) is 5.11. The van der Waals surface area contributed by atoms with E-state index >= 15 is 0 Å². The van der Waals surface area contributed by atoms with Crippen molar-refractivity contribution in [1.29, 1.82) is 0 Å². The molecule has 0 unspecified atom stereocenters. The molecule has 1 saturated heterocycles. The average Bonchev–Trinajstić information content (AvgIpc) is 2.99. The number of hydrogen-bond acceptors (Lipinski definition) is 4. The minimum atomic E-state index is -0.741. The molecule has 0 saturated carbocycles. The number of benzene rings is 1. The van der Waals surface area contributed by atoms with Gasteiger partial charge in [-0.2, -0.15) is 0 Å². The van der Waals surface area contributed by atoms with E-state index in [1.54, 1.807) is 16.2 Å². The van der Waals surface area contributed by atoms with Crippen LogP contribution in [0.5, 0.6) is 0 Å². The van der Waals surface area contributed by atoms with Crippen LogP contribution in [0.25, 0.3) is 10.2 Å². The molecule has 6 heteroatoms. The maximum Gasteiger partial charge on any atom is 0.325 e. The molecule has 5 nitrogen and oxygen atoms in total. The monoisotopic (exact) mass is 303 g/mol. The molecular formula is C15H17N3O2S. The number of hydrogen-bond donors (Lipinski definition) is 1. The Labute approximate surface area is 127 Å². The first-order valence-corrected chi connectivity index (χ1v) is 7.90. The Morgan fingerprint density at radius 1 is 1.24 bits per heavy atom. The highest BCUT2D eigenvalue weighted by Crippen LogP contribution is 2.32. The Balaban J connectivity index is 1.95. The number of nitrogens with one attached hydrogen (secondary N) is 1. The molecule has 1 N–H and O–H groups in total. The summed E-state index contributed by atoms with van der Waals surface area (Å²) >= 11 is 1.57. The van der Waals surface area contributed by atoms with Crippen molar-refractivity contribution in [2.45, 2.75) is 38.8 Å². The Kier molecular flexibility index (Phi) is 3.41. The van der Waals surface area contributed by atoms with Crippen molar-refractivity contribution in [2.75, 3.05) is 0 Å². The molecule has 0 radical (unpaired) electrons. The zero-order valence-electron chi connectivity index (χ0n) is 12.0. The van der Waals surface area contributed by atoms with Crippen molar-refractivity contribution < 1.29 is 9.59 Å². The van der Waals surface area contributed by atoms with Crippen LogP contribution in [0.4, 0.5) is 4.79 Å². The molecule has 21 heavy (non-hydrogen) atoms. The SMILES string of the molecule is CCC1(CC)C(=O)NC(=O)N1Cc1nc2ccccc2s1. The second-order valence-electron chi connectivity index (χ2n) is 5.16. The Morgan fingerprint density at radius 2 is 1.95 bits per heavy atom. The van der Waals surface area contributed by atoms with Gasteiger partial charge in [-0.05, 0) is 25.0 Å². The van der Waals surface area contributed by atoms with Crippen LogP contribution in [0.1, 0.15) is 31.7 Å². The lowest BCUT2D eigenvalue weighted by Gasteiger charge is -2.32. The first-order valence-electron chi connectivity index (χ1n) is 7.08. The van der Waals surface area contributed by atoms with Crippen molar-refractivity contribution in [2.24, 2.45) is 0 Å². The highest BCUT2D eigenvalue weighted by Gasteiger charge is 2.50. The molecule has 110 valence electrons. The summed E-state index contributed by atoms with van der Waals surface area (Å²) in [6.07, 6.45) is 1.21. The number of thiazole rings is 1. The molecular weight excluding hydrogens is 286 g/mol. The highest BCUT2D eigenvalue weighted by molar-refractivity contribution is 7.18. The van der Waals surface area contributed by atoms with E-state index in [9.17, 15) is 9.59 Å². The van der Waals surface area contributed by atoms with Gasteiger partial charge in [0.1, 0.15) is 10.5 Å². The third kappa shape index (κ3) is 2.10. The standard InChI is InChI=1S/C15H17N3O2S/c1-3-15(4-2)13(19)17-14(20)18(15)9-12-16-10-7-5-6-8-11(10)21-12/h5-8H,3-4,9H2,1-2H3,(H,17,19,20). The fraction of sp³-hybridized carbons (Fsp3) is 0.400. The molecule has 0 atom stereocenters. The minimum Gasteiger partial charge on any atom is -0.303 e. The zero-order chi connectivity index (χ0) is 15.0. The number of rotatable bonds is 4. The fourth-order valence-electron chi connectivity index (χ4n) is 2.90. The lowest BCUT2D eigenvalue weighted by atomic mass is 9.91. The van der Waals surface area contributed by atoms with Gasteiger partial charge in [-0.25, -0.2) is 9.78 Å². The first kappa shape index (κ1) is 14.0. The number of fused-ring (bicyclic) bond motifs is 1. The first-order chi connectivity index (χ1) is 10.1. The van der Waals surface area contributed by atoms with E-state index in [2.05, 4.69) is 10.3 Å². The molecule has 1 fully saturated rings. The van der Waals surface area contributed by atoms with E-state index in [0.29, 0.717) is 19.4 Å². The zero-order valence-corrected chi connectivity index (χ0v) is 12.9. The van der Waals surface area contributed by atoms with E-state index < -0.39 is 5.54 Å². The van der Waals surface area contributed by atoms with Crippen molar-refractivity contribution >= 4 is 33.5 Å². The van der Waals surface area contributed by atoms with E-state index in [1.165, 1.54) is 0 Å². The molecule has 2 heterocycles. The molecule has 1 aliphatic heterocycles. The number of amides is 3. The maximum absolute atomic E-state index is 12.2. The number of aromatic nitrogens is 1. The molecule has 2 aromatic rings. The van der Waals surface area contributed by atoms with Gasteiger partial charge in [0, 0.05) is 0 Å². The predicted octanol–water partition coefficient (Wildman–Crippen LogP) is 2.91. The Bertz CT molecular complexity index is 673. The van der Waals surface area contributed by atoms with E-state index in [4.69, 9.17) is 0 Å². The van der Waals surface area contributed by atoms with Crippen LogP contribution in [-0.4, -0.2) is 27.4 Å². The minimum absolute atomic E-state index is 0.196. The van der Waals surface area contributed by atoms with Gasteiger partial charge in [-0.3, -0.25) is 10.1 Å². The van der Waals surface area contributed by atoms with Crippen molar-refractivity contribution in [3.63, 3.8) is 0 Å². The second-order valence-corrected chi connectivity index (χ2v) is 6.27. The van der Waals surface area contributed by atoms with Gasteiger partial charge >= 0.3 is 6.03 Å². The lowest BCUT2D eigenvalue weighted by molar-refractivity contribution is -0.127. The molecule has 0 bridgehead atoms. The number of carbonyl (C=O) groups is 2. The van der Waals surface area contributed by atoms with Gasteiger partial charge in [0.2, 0.25) is 0 Å². The third-order valence-corrected chi connectivity index (χ3v) is 5.23. The van der Waals surface area contributed by atoms with Gasteiger partial charge < -0.3 is 4.90 Å². The molecule has 3 rings (SSSR count). The number of nitrogens with zero attached hydrogens (tertiary/aromatic N) is 2. The molecule has 0 aliphatic carbocycles. The van der Waals surface area contributed by atoms with Gasteiger partial charge in [0.15, 0.2) is 0 Å². The van der Waals surface area contributed by atoms with Gasteiger partial charge in [0.05, 0.1) is 16.8 Å². The Hall–Kier alpha value is -1.95. The summed E-state index contributed by atoms with van der Waals surface area (Å²) in [4.78, 5) is 30.4. The fourth-order valence-corrected chi connectivity index (χ4v) is 3.85. The predicted molar refractivity (Wildman–Crippen MR) is 82.0 cm³/mol. The average molecular weight is 303 g/mol. The largest absolute Gasteiger partial charge is 0.325 e. The summed E-state index contributed by atoms with van der Waals surface area (Å²) in [6.45, 7) is 4.25. The molecule has 0 spiro atoms. The maximum atomic E-state index is 12.2. The van der Waals surface area contributed by atoms with Crippen molar-refractivity contribution in [3.05, 3.63) is 29.3 Å². The van der Waals surface area contributed by atoms with Crippen molar-refractivity contribution in [3.8, 4) is 0 Å². The van der Waals surface area contributed by atoms with Crippen LogP contribution < -0.4 is 5.32 Å². The summed E-state index contributed by atoms with van der Waals surface area (Å²) in [7, 11) is 0. The van der Waals surface area contributed by atoms with E-state index in [1.807, 2.05) is 38.1 Å². The van der Waals surface area contributed by atoms with E-state index in [0.717, 1.165) is 15.2 Å². The Morgan fingerprint density at radius 3 is 2.62 bits per heavy atom. The summed E-state index contributed by atoms with van der Waals surface area (Å²) in [6, 6.07) is 7.57. The van der Waals surface area contributed by atoms with Crippen LogP contribution in [0.2, 0.25) is 0 Å². The number of imide groups is 1. The van der Waals surface area contributed by atoms with Crippen LogP contribution >= 0.6 is 11.3 Å². The number of para-hydroxylation sites is 1. The van der Waals surface area contributed by atoms with Crippen LogP contribution in [0.15, 0.2) is 24.3 Å². The summed E-state index contributed by atoms with van der Waals surface area (Å²) < 4.78 is 1.09. The number of carbonyl (C=O) groups excluding carboxylic acids is 2. The van der Waals surface area contributed by atoms with Gasteiger partial charge in [-0.1, -0.05) is 26.0 Å². The summed E-state index contributed by atoms with van der Waals surface area (Å²) in [5, 5.41) is 3.29.